The van der Waals surface area contributed by atoms with E-state index in [9.17, 15) is 0 Å². The van der Waals surface area contributed by atoms with E-state index in [1.807, 2.05) is 0 Å². The molecule has 20 heavy (non-hydrogen) atoms. The molecule has 2 aliphatic rings. The normalized spacial score (nSPS) is 34.4. The van der Waals surface area contributed by atoms with Gasteiger partial charge in [0.2, 0.25) is 0 Å². The zero-order valence-corrected chi connectivity index (χ0v) is 13.0. The quantitative estimate of drug-likeness (QED) is 0.555. The third-order valence-electron chi connectivity index (χ3n) is 5.76. The summed E-state index contributed by atoms with van der Waals surface area (Å²) in [5.74, 6) is 3.28. The second kappa shape index (κ2) is 8.50. The maximum atomic E-state index is 8.94. The molecule has 2 fully saturated rings. The molecule has 2 saturated carbocycles. The van der Waals surface area contributed by atoms with Crippen LogP contribution in [0.3, 0.4) is 0 Å². The fourth-order valence-electron chi connectivity index (χ4n) is 4.21. The monoisotopic (exact) mass is 273 g/mol. The number of hydrogen-bond donors (Lipinski definition) is 0. The van der Waals surface area contributed by atoms with Gasteiger partial charge in [-0.3, -0.25) is 0 Å². The molecular weight excluding hydrogens is 242 g/mol. The largest absolute Gasteiger partial charge is 0.198 e. The molecule has 112 valence electrons. The molecule has 1 heteroatoms. The van der Waals surface area contributed by atoms with Gasteiger partial charge in [-0.15, -0.1) is 6.58 Å². The molecule has 0 N–H and O–H groups in total. The molecule has 0 aromatic rings. The Labute approximate surface area is 125 Å². The number of nitrogens with zero attached hydrogens (tertiary/aromatic N) is 1. The van der Waals surface area contributed by atoms with Gasteiger partial charge in [0.1, 0.15) is 0 Å². The molecule has 0 aromatic heterocycles. The van der Waals surface area contributed by atoms with Crippen molar-refractivity contribution in [2.45, 2.75) is 77.0 Å². The molecule has 2 aliphatic carbocycles. The smallest absolute Gasteiger partial charge is 0.0655 e. The van der Waals surface area contributed by atoms with Crippen LogP contribution in [0.15, 0.2) is 12.7 Å². The lowest BCUT2D eigenvalue weighted by Crippen LogP contribution is -2.17. The minimum Gasteiger partial charge on any atom is -0.198 e. The van der Waals surface area contributed by atoms with E-state index in [1.54, 1.807) is 0 Å². The van der Waals surface area contributed by atoms with Crippen molar-refractivity contribution in [3.05, 3.63) is 12.7 Å². The van der Waals surface area contributed by atoms with Gasteiger partial charge in [0.15, 0.2) is 0 Å². The van der Waals surface area contributed by atoms with Crippen molar-refractivity contribution in [3.63, 3.8) is 0 Å². The average molecular weight is 273 g/mol. The van der Waals surface area contributed by atoms with Gasteiger partial charge in [-0.05, 0) is 56.3 Å². The summed E-state index contributed by atoms with van der Waals surface area (Å²) in [5.41, 5.74) is 0. The standard InChI is InChI=1S/C19H31N/c1-2-3-4-16-5-7-17(8-6-16)9-10-18-11-13-19(15-20)14-12-18/h2,16-19H,1,3-14H2. The number of hydrogen-bond acceptors (Lipinski definition) is 1. The van der Waals surface area contributed by atoms with Crippen LogP contribution < -0.4 is 0 Å². The van der Waals surface area contributed by atoms with Gasteiger partial charge in [0.05, 0.1) is 6.07 Å². The summed E-state index contributed by atoms with van der Waals surface area (Å²) in [6.45, 7) is 3.83. The second-order valence-corrected chi connectivity index (χ2v) is 7.18. The zero-order valence-electron chi connectivity index (χ0n) is 13.0. The lowest BCUT2D eigenvalue weighted by molar-refractivity contribution is 0.223. The first-order valence-corrected chi connectivity index (χ1v) is 8.82. The topological polar surface area (TPSA) is 23.8 Å². The number of nitriles is 1. The van der Waals surface area contributed by atoms with Crippen molar-refractivity contribution < 1.29 is 0 Å². The van der Waals surface area contributed by atoms with Crippen LogP contribution in [0.2, 0.25) is 0 Å². The highest BCUT2D eigenvalue weighted by Gasteiger charge is 2.24. The van der Waals surface area contributed by atoms with Crippen LogP contribution in [-0.4, -0.2) is 0 Å². The Morgan fingerprint density at radius 2 is 1.25 bits per heavy atom. The Hall–Kier alpha value is -0.770. The lowest BCUT2D eigenvalue weighted by Gasteiger charge is -2.30. The van der Waals surface area contributed by atoms with Gasteiger partial charge in [-0.1, -0.05) is 44.6 Å². The van der Waals surface area contributed by atoms with Gasteiger partial charge in [-0.25, -0.2) is 0 Å². The summed E-state index contributed by atoms with van der Waals surface area (Å²) in [6.07, 6.45) is 18.3. The van der Waals surface area contributed by atoms with E-state index in [2.05, 4.69) is 18.7 Å². The van der Waals surface area contributed by atoms with Crippen molar-refractivity contribution >= 4 is 0 Å². The summed E-state index contributed by atoms with van der Waals surface area (Å²) >= 11 is 0. The van der Waals surface area contributed by atoms with Gasteiger partial charge >= 0.3 is 0 Å². The first kappa shape index (κ1) is 15.6. The third-order valence-corrected chi connectivity index (χ3v) is 5.76. The molecule has 0 heterocycles. The Balaban J connectivity index is 1.57. The van der Waals surface area contributed by atoms with Gasteiger partial charge in [0.25, 0.3) is 0 Å². The fraction of sp³-hybridized carbons (Fsp3) is 0.842. The summed E-state index contributed by atoms with van der Waals surface area (Å²) in [4.78, 5) is 0. The Morgan fingerprint density at radius 3 is 1.70 bits per heavy atom. The first-order valence-electron chi connectivity index (χ1n) is 8.82. The molecule has 0 atom stereocenters. The average Bonchev–Trinajstić information content (AvgIpc) is 2.52. The number of rotatable bonds is 6. The summed E-state index contributed by atoms with van der Waals surface area (Å²) in [7, 11) is 0. The molecule has 0 bridgehead atoms. The van der Waals surface area contributed by atoms with E-state index in [4.69, 9.17) is 5.26 Å². The Kier molecular flexibility index (Phi) is 6.64. The lowest BCUT2D eigenvalue weighted by atomic mass is 9.75. The highest BCUT2D eigenvalue weighted by Crippen LogP contribution is 2.37. The van der Waals surface area contributed by atoms with Gasteiger partial charge < -0.3 is 0 Å². The maximum Gasteiger partial charge on any atom is 0.0655 e. The van der Waals surface area contributed by atoms with Crippen LogP contribution >= 0.6 is 0 Å². The van der Waals surface area contributed by atoms with E-state index < -0.39 is 0 Å². The minimum absolute atomic E-state index is 0.367. The predicted molar refractivity (Wildman–Crippen MR) is 85.2 cm³/mol. The van der Waals surface area contributed by atoms with Crippen molar-refractivity contribution in [2.75, 3.05) is 0 Å². The molecule has 1 nitrogen and oxygen atoms in total. The highest BCUT2D eigenvalue weighted by molar-refractivity contribution is 4.87. The van der Waals surface area contributed by atoms with Gasteiger partial charge in [-0.2, -0.15) is 5.26 Å². The second-order valence-electron chi connectivity index (χ2n) is 7.18. The molecule has 0 spiro atoms. The van der Waals surface area contributed by atoms with E-state index in [0.717, 1.165) is 30.6 Å². The Morgan fingerprint density at radius 1 is 0.800 bits per heavy atom. The van der Waals surface area contributed by atoms with E-state index in [0.29, 0.717) is 5.92 Å². The maximum absolute atomic E-state index is 8.94. The molecule has 0 saturated heterocycles. The number of allylic oxidation sites excluding steroid dienone is 1. The molecule has 0 aliphatic heterocycles. The highest BCUT2D eigenvalue weighted by atomic mass is 14.3. The predicted octanol–water partition coefficient (Wildman–Crippen LogP) is 5.87. The van der Waals surface area contributed by atoms with E-state index in [-0.39, 0.29) is 0 Å². The van der Waals surface area contributed by atoms with Crippen LogP contribution in [0.25, 0.3) is 0 Å². The van der Waals surface area contributed by atoms with Gasteiger partial charge in [0, 0.05) is 5.92 Å². The van der Waals surface area contributed by atoms with Crippen LogP contribution in [0.1, 0.15) is 77.0 Å². The first-order chi connectivity index (χ1) is 9.81. The van der Waals surface area contributed by atoms with Crippen molar-refractivity contribution in [2.24, 2.45) is 23.7 Å². The van der Waals surface area contributed by atoms with Crippen molar-refractivity contribution in [1.82, 2.24) is 0 Å². The molecule has 0 unspecified atom stereocenters. The molecule has 0 aromatic carbocycles. The van der Waals surface area contributed by atoms with Crippen molar-refractivity contribution in [3.8, 4) is 6.07 Å². The van der Waals surface area contributed by atoms with Crippen LogP contribution in [-0.2, 0) is 0 Å². The molecule has 0 radical (unpaired) electrons. The fourth-order valence-corrected chi connectivity index (χ4v) is 4.21. The van der Waals surface area contributed by atoms with E-state index in [1.165, 1.54) is 64.2 Å². The summed E-state index contributed by atoms with van der Waals surface area (Å²) in [6, 6.07) is 2.44. The summed E-state index contributed by atoms with van der Waals surface area (Å²) < 4.78 is 0. The molecular formula is C19H31N. The molecule has 2 rings (SSSR count). The molecule has 0 amide bonds. The third kappa shape index (κ3) is 4.97. The van der Waals surface area contributed by atoms with E-state index >= 15 is 0 Å². The SMILES string of the molecule is C=CCCC1CCC(CCC2CCC(C#N)CC2)CC1. The minimum atomic E-state index is 0.367. The van der Waals surface area contributed by atoms with Crippen LogP contribution in [0.5, 0.6) is 0 Å². The van der Waals surface area contributed by atoms with Crippen LogP contribution in [0.4, 0.5) is 0 Å². The van der Waals surface area contributed by atoms with Crippen molar-refractivity contribution in [1.29, 1.82) is 5.26 Å². The summed E-state index contributed by atoms with van der Waals surface area (Å²) in [5, 5.41) is 8.94. The zero-order chi connectivity index (χ0) is 14.2. The Bertz CT molecular complexity index is 311. The van der Waals surface area contributed by atoms with Crippen LogP contribution in [0, 0.1) is 35.0 Å².